The highest BCUT2D eigenvalue weighted by Crippen LogP contribution is 2.47. The van der Waals surface area contributed by atoms with Crippen molar-refractivity contribution >= 4 is 0 Å². The molecule has 0 spiro atoms. The summed E-state index contributed by atoms with van der Waals surface area (Å²) in [4.78, 5) is 2.68. The van der Waals surface area contributed by atoms with Gasteiger partial charge in [-0.3, -0.25) is 4.90 Å². The molecule has 0 bridgehead atoms. The molecular weight excluding hydrogens is 386 g/mol. The lowest BCUT2D eigenvalue weighted by molar-refractivity contribution is 0.120. The molecule has 4 nitrogen and oxygen atoms in total. The molecule has 1 heterocycles. The Bertz CT molecular complexity index is 874. The van der Waals surface area contributed by atoms with E-state index in [0.717, 1.165) is 43.2 Å². The van der Waals surface area contributed by atoms with Crippen LogP contribution in [0.1, 0.15) is 43.2 Å². The van der Waals surface area contributed by atoms with Gasteiger partial charge in [0.05, 0.1) is 32.6 Å². The Morgan fingerprint density at radius 3 is 1.61 bits per heavy atom. The summed E-state index contributed by atoms with van der Waals surface area (Å²) in [5, 5.41) is 0. The molecule has 2 aromatic carbocycles. The zero-order valence-corrected chi connectivity index (χ0v) is 18.9. The Morgan fingerprint density at radius 1 is 0.645 bits per heavy atom. The first-order valence-corrected chi connectivity index (χ1v) is 11.2. The normalized spacial score (nSPS) is 17.5. The Balaban J connectivity index is 1.94. The summed E-state index contributed by atoms with van der Waals surface area (Å²) in [5.41, 5.74) is 3.64. The van der Waals surface area contributed by atoms with E-state index in [0.29, 0.717) is 0 Å². The number of methoxy groups -OCH3 is 3. The van der Waals surface area contributed by atoms with Crippen molar-refractivity contribution in [2.45, 2.75) is 37.6 Å². The fourth-order valence-electron chi connectivity index (χ4n) is 5.09. The largest absolute Gasteiger partial charge is 0.501 e. The number of likely N-dealkylation sites (tertiary alicyclic amines) is 1. The van der Waals surface area contributed by atoms with Crippen molar-refractivity contribution < 1.29 is 14.2 Å². The zero-order chi connectivity index (χ0) is 21.7. The average Bonchev–Trinajstić information content (AvgIpc) is 2.86. The second-order valence-corrected chi connectivity index (χ2v) is 8.24. The van der Waals surface area contributed by atoms with Crippen molar-refractivity contribution in [3.05, 3.63) is 83.1 Å². The first kappa shape index (κ1) is 21.5. The van der Waals surface area contributed by atoms with E-state index in [1.807, 2.05) is 0 Å². The maximum absolute atomic E-state index is 5.54. The molecule has 1 aliphatic heterocycles. The van der Waals surface area contributed by atoms with Gasteiger partial charge in [-0.05, 0) is 79.4 Å². The molecule has 164 valence electrons. The van der Waals surface area contributed by atoms with Crippen LogP contribution in [0.25, 0.3) is 0 Å². The molecule has 2 aliphatic rings. The summed E-state index contributed by atoms with van der Waals surface area (Å²) < 4.78 is 16.5. The molecule has 1 saturated heterocycles. The molecule has 1 aliphatic carbocycles. The van der Waals surface area contributed by atoms with Gasteiger partial charge in [0.25, 0.3) is 0 Å². The highest BCUT2D eigenvalue weighted by Gasteiger charge is 2.44. The minimum atomic E-state index is -0.325. The Hall–Kier alpha value is -2.72. The van der Waals surface area contributed by atoms with Crippen LogP contribution in [-0.2, 0) is 10.3 Å². The number of benzene rings is 2. The maximum Gasteiger partial charge on any atom is 0.118 e. The number of hydrogen-bond acceptors (Lipinski definition) is 4. The van der Waals surface area contributed by atoms with E-state index in [1.165, 1.54) is 36.0 Å². The van der Waals surface area contributed by atoms with Gasteiger partial charge >= 0.3 is 0 Å². The fourth-order valence-corrected chi connectivity index (χ4v) is 5.09. The van der Waals surface area contributed by atoms with Crippen molar-refractivity contribution in [3.63, 3.8) is 0 Å². The van der Waals surface area contributed by atoms with Crippen molar-refractivity contribution in [2.24, 2.45) is 0 Å². The lowest BCUT2D eigenvalue weighted by Crippen LogP contribution is -2.51. The molecule has 0 amide bonds. The minimum absolute atomic E-state index is 0.325. The first-order valence-electron chi connectivity index (χ1n) is 11.2. The van der Waals surface area contributed by atoms with Gasteiger partial charge < -0.3 is 14.2 Å². The van der Waals surface area contributed by atoms with Crippen LogP contribution in [0.5, 0.6) is 11.5 Å². The highest BCUT2D eigenvalue weighted by molar-refractivity contribution is 5.52. The number of rotatable bonds is 7. The van der Waals surface area contributed by atoms with Crippen LogP contribution in [0.15, 0.2) is 72.0 Å². The van der Waals surface area contributed by atoms with Gasteiger partial charge in [-0.2, -0.15) is 0 Å². The molecule has 0 saturated carbocycles. The van der Waals surface area contributed by atoms with Crippen molar-refractivity contribution in [3.8, 4) is 11.5 Å². The van der Waals surface area contributed by atoms with Crippen LogP contribution >= 0.6 is 0 Å². The van der Waals surface area contributed by atoms with Gasteiger partial charge in [-0.15, -0.1) is 0 Å². The van der Waals surface area contributed by atoms with E-state index >= 15 is 0 Å². The second kappa shape index (κ2) is 9.61. The predicted molar refractivity (Wildman–Crippen MR) is 125 cm³/mol. The summed E-state index contributed by atoms with van der Waals surface area (Å²) in [7, 11) is 5.20. The smallest absolute Gasteiger partial charge is 0.118 e. The molecule has 0 radical (unpaired) electrons. The van der Waals surface area contributed by atoms with E-state index in [2.05, 4.69) is 65.6 Å². The quantitative estimate of drug-likeness (QED) is 0.577. The highest BCUT2D eigenvalue weighted by atomic mass is 16.5. The number of piperidine rings is 1. The minimum Gasteiger partial charge on any atom is -0.501 e. The van der Waals surface area contributed by atoms with Gasteiger partial charge in [0.2, 0.25) is 0 Å². The van der Waals surface area contributed by atoms with Crippen LogP contribution in [0, 0.1) is 0 Å². The Kier molecular flexibility index (Phi) is 6.67. The molecule has 0 unspecified atom stereocenters. The molecule has 1 fully saturated rings. The van der Waals surface area contributed by atoms with Gasteiger partial charge in [-0.1, -0.05) is 36.8 Å². The summed E-state index contributed by atoms with van der Waals surface area (Å²) in [6.07, 6.45) is 10.1. The van der Waals surface area contributed by atoms with Crippen molar-refractivity contribution in [1.82, 2.24) is 4.90 Å². The monoisotopic (exact) mass is 419 g/mol. The average molecular weight is 420 g/mol. The van der Waals surface area contributed by atoms with E-state index in [4.69, 9.17) is 14.2 Å². The molecule has 31 heavy (non-hydrogen) atoms. The zero-order valence-electron chi connectivity index (χ0n) is 18.9. The van der Waals surface area contributed by atoms with E-state index in [1.54, 1.807) is 21.3 Å². The lowest BCUT2D eigenvalue weighted by Gasteiger charge is -2.49. The summed E-state index contributed by atoms with van der Waals surface area (Å²) in [5.74, 6) is 2.80. The standard InChI is InChI=1S/C27H33NO3/c1-29-24-13-7-21(8-14-24)27(28-19-5-4-6-20-28,22-9-15-25(30-2)16-10-22)23-11-17-26(31-3)18-12-23/h7-11,13-17H,4-6,12,18-20H2,1-3H3. The van der Waals surface area contributed by atoms with Crippen LogP contribution in [0.2, 0.25) is 0 Å². The second-order valence-electron chi connectivity index (χ2n) is 8.24. The topological polar surface area (TPSA) is 30.9 Å². The van der Waals surface area contributed by atoms with Gasteiger partial charge in [0, 0.05) is 6.42 Å². The molecular formula is C27H33NO3. The fraction of sp³-hybridized carbons (Fsp3) is 0.407. The van der Waals surface area contributed by atoms with Crippen LogP contribution in [0.4, 0.5) is 0 Å². The lowest BCUT2D eigenvalue weighted by atomic mass is 9.72. The van der Waals surface area contributed by atoms with E-state index in [-0.39, 0.29) is 5.54 Å². The Labute approximate surface area is 186 Å². The van der Waals surface area contributed by atoms with Crippen LogP contribution < -0.4 is 9.47 Å². The number of allylic oxidation sites excluding steroid dienone is 3. The maximum atomic E-state index is 5.54. The molecule has 4 rings (SSSR count). The number of nitrogens with zero attached hydrogens (tertiary/aromatic N) is 1. The van der Waals surface area contributed by atoms with Gasteiger partial charge in [0.15, 0.2) is 0 Å². The molecule has 0 aromatic heterocycles. The van der Waals surface area contributed by atoms with E-state index < -0.39 is 0 Å². The summed E-state index contributed by atoms with van der Waals surface area (Å²) >= 11 is 0. The van der Waals surface area contributed by atoms with Crippen molar-refractivity contribution in [1.29, 1.82) is 0 Å². The SMILES string of the molecule is COC1=CC=C(C(c2ccc(OC)cc2)(c2ccc(OC)cc2)N2CCCCC2)CC1. The predicted octanol–water partition coefficient (Wildman–Crippen LogP) is 5.68. The number of ether oxygens (including phenoxy) is 3. The van der Waals surface area contributed by atoms with Crippen molar-refractivity contribution in [2.75, 3.05) is 34.4 Å². The summed E-state index contributed by atoms with van der Waals surface area (Å²) in [6.45, 7) is 2.16. The third kappa shape index (κ3) is 4.09. The molecule has 0 atom stereocenters. The van der Waals surface area contributed by atoms with Gasteiger partial charge in [0.1, 0.15) is 11.5 Å². The molecule has 2 aromatic rings. The van der Waals surface area contributed by atoms with Crippen LogP contribution in [-0.4, -0.2) is 39.3 Å². The third-order valence-corrected chi connectivity index (χ3v) is 6.68. The Morgan fingerprint density at radius 2 is 1.19 bits per heavy atom. The number of hydrogen-bond donors (Lipinski definition) is 0. The third-order valence-electron chi connectivity index (χ3n) is 6.68. The molecule has 4 heteroatoms. The van der Waals surface area contributed by atoms with Crippen LogP contribution in [0.3, 0.4) is 0 Å². The first-order chi connectivity index (χ1) is 15.2. The molecule has 0 N–H and O–H groups in total. The van der Waals surface area contributed by atoms with E-state index in [9.17, 15) is 0 Å². The summed E-state index contributed by atoms with van der Waals surface area (Å²) in [6, 6.07) is 17.2. The van der Waals surface area contributed by atoms with Gasteiger partial charge in [-0.25, -0.2) is 0 Å².